The summed E-state index contributed by atoms with van der Waals surface area (Å²) in [5.74, 6) is 0.0851. The topological polar surface area (TPSA) is 83.3 Å². The molecule has 1 saturated heterocycles. The number of halogens is 1. The van der Waals surface area contributed by atoms with Gasteiger partial charge in [-0.1, -0.05) is 58.4 Å². The van der Waals surface area contributed by atoms with Crippen LogP contribution < -0.4 is 5.56 Å². The normalized spacial score (nSPS) is 15.1. The van der Waals surface area contributed by atoms with Gasteiger partial charge in [-0.3, -0.25) is 9.59 Å². The standard InChI is InChI=1S/C21H20BrN5O2/c22-18-8-6-15(7-9-18)14-23-27-21(29)19(24-25-27)20(28)26-12-10-17(11-13-26)16-4-2-1-3-5-16/h1-9,14,17,25H,10-13H2. The summed E-state index contributed by atoms with van der Waals surface area (Å²) in [4.78, 5) is 27.9. The molecule has 1 aliphatic rings. The van der Waals surface area contributed by atoms with Crippen LogP contribution in [0.2, 0.25) is 0 Å². The van der Waals surface area contributed by atoms with Crippen LogP contribution in [0.15, 0.2) is 69.0 Å². The van der Waals surface area contributed by atoms with E-state index in [0.29, 0.717) is 19.0 Å². The van der Waals surface area contributed by atoms with E-state index in [1.165, 1.54) is 11.8 Å². The number of hydrogen-bond acceptors (Lipinski definition) is 4. The Morgan fingerprint density at radius 2 is 1.79 bits per heavy atom. The Balaban J connectivity index is 1.42. The number of H-pyrrole nitrogens is 1. The van der Waals surface area contributed by atoms with Crippen molar-refractivity contribution in [3.05, 3.63) is 86.2 Å². The summed E-state index contributed by atoms with van der Waals surface area (Å²) in [6, 6.07) is 17.8. The number of likely N-dealkylation sites (tertiary alicyclic amines) is 1. The van der Waals surface area contributed by atoms with Gasteiger partial charge in [-0.15, -0.1) is 9.89 Å². The van der Waals surface area contributed by atoms with Crippen LogP contribution in [-0.4, -0.2) is 45.2 Å². The molecule has 0 aliphatic carbocycles. The third-order valence-corrected chi connectivity index (χ3v) is 5.63. The fourth-order valence-corrected chi connectivity index (χ4v) is 3.74. The highest BCUT2D eigenvalue weighted by Crippen LogP contribution is 2.28. The van der Waals surface area contributed by atoms with Crippen molar-refractivity contribution in [1.82, 2.24) is 20.0 Å². The predicted octanol–water partition coefficient (Wildman–Crippen LogP) is 3.24. The lowest BCUT2D eigenvalue weighted by atomic mass is 9.89. The summed E-state index contributed by atoms with van der Waals surface area (Å²) in [6.07, 6.45) is 3.28. The molecule has 0 unspecified atom stereocenters. The zero-order valence-electron chi connectivity index (χ0n) is 15.7. The van der Waals surface area contributed by atoms with E-state index in [4.69, 9.17) is 0 Å². The van der Waals surface area contributed by atoms with Crippen molar-refractivity contribution in [3.8, 4) is 0 Å². The molecule has 0 bridgehead atoms. The average Bonchev–Trinajstić information content (AvgIpc) is 3.14. The van der Waals surface area contributed by atoms with E-state index in [2.05, 4.69) is 43.5 Å². The van der Waals surface area contributed by atoms with Crippen LogP contribution in [0.5, 0.6) is 0 Å². The minimum Gasteiger partial charge on any atom is -0.337 e. The summed E-state index contributed by atoms with van der Waals surface area (Å²) < 4.78 is 0.956. The Hall–Kier alpha value is -3.00. The van der Waals surface area contributed by atoms with Gasteiger partial charge in [-0.05, 0) is 42.0 Å². The first-order chi connectivity index (χ1) is 14.1. The monoisotopic (exact) mass is 453 g/mol. The summed E-state index contributed by atoms with van der Waals surface area (Å²) in [5, 5.41) is 10.5. The van der Waals surface area contributed by atoms with E-state index in [0.717, 1.165) is 27.7 Å². The summed E-state index contributed by atoms with van der Waals surface area (Å²) in [5.41, 5.74) is 1.44. The van der Waals surface area contributed by atoms with Crippen LogP contribution in [0, 0.1) is 0 Å². The number of carbonyl (C=O) groups is 1. The molecule has 1 amide bonds. The number of rotatable bonds is 4. The van der Waals surface area contributed by atoms with Gasteiger partial charge < -0.3 is 4.90 Å². The van der Waals surface area contributed by atoms with Gasteiger partial charge in [0.2, 0.25) is 5.69 Å². The minimum absolute atomic E-state index is 0.129. The van der Waals surface area contributed by atoms with Gasteiger partial charge in [0.25, 0.3) is 5.91 Å². The van der Waals surface area contributed by atoms with Crippen LogP contribution in [0.4, 0.5) is 0 Å². The van der Waals surface area contributed by atoms with E-state index in [1.54, 1.807) is 4.90 Å². The molecule has 1 aliphatic heterocycles. The maximum atomic E-state index is 12.8. The fraction of sp³-hybridized carbons (Fsp3) is 0.238. The van der Waals surface area contributed by atoms with Crippen molar-refractivity contribution >= 4 is 28.1 Å². The van der Waals surface area contributed by atoms with Crippen molar-refractivity contribution in [1.29, 1.82) is 0 Å². The Morgan fingerprint density at radius 1 is 1.10 bits per heavy atom. The van der Waals surface area contributed by atoms with Crippen molar-refractivity contribution in [2.75, 3.05) is 13.1 Å². The van der Waals surface area contributed by atoms with Gasteiger partial charge >= 0.3 is 5.56 Å². The lowest BCUT2D eigenvalue weighted by molar-refractivity contribution is 0.0705. The quantitative estimate of drug-likeness (QED) is 0.615. The Morgan fingerprint density at radius 3 is 2.48 bits per heavy atom. The van der Waals surface area contributed by atoms with Crippen molar-refractivity contribution in [2.45, 2.75) is 18.8 Å². The molecule has 1 aromatic heterocycles. The summed E-state index contributed by atoms with van der Waals surface area (Å²) in [6.45, 7) is 1.21. The van der Waals surface area contributed by atoms with Gasteiger partial charge in [0.05, 0.1) is 6.21 Å². The second-order valence-electron chi connectivity index (χ2n) is 6.95. The second kappa shape index (κ2) is 8.57. The number of aromatic amines is 1. The zero-order valence-corrected chi connectivity index (χ0v) is 17.2. The first-order valence-electron chi connectivity index (χ1n) is 9.43. The number of carbonyl (C=O) groups excluding carboxylic acids is 1. The molecule has 0 spiro atoms. The van der Waals surface area contributed by atoms with Crippen molar-refractivity contribution in [2.24, 2.45) is 5.10 Å². The van der Waals surface area contributed by atoms with E-state index < -0.39 is 5.56 Å². The molecule has 0 radical (unpaired) electrons. The van der Waals surface area contributed by atoms with Crippen LogP contribution in [-0.2, 0) is 0 Å². The van der Waals surface area contributed by atoms with E-state index in [1.807, 2.05) is 42.5 Å². The number of nitrogens with zero attached hydrogens (tertiary/aromatic N) is 4. The SMILES string of the molecule is O=C(c1n[nH]n(N=Cc2ccc(Br)cc2)c1=O)N1CCC(c2ccccc2)CC1. The molecule has 0 saturated carbocycles. The summed E-state index contributed by atoms with van der Waals surface area (Å²) >= 11 is 3.37. The molecule has 4 rings (SSSR count). The first kappa shape index (κ1) is 19.3. The van der Waals surface area contributed by atoms with Gasteiger partial charge in [0, 0.05) is 17.6 Å². The average molecular weight is 454 g/mol. The van der Waals surface area contributed by atoms with Crippen molar-refractivity contribution in [3.63, 3.8) is 0 Å². The van der Waals surface area contributed by atoms with E-state index in [-0.39, 0.29) is 11.6 Å². The van der Waals surface area contributed by atoms with E-state index in [9.17, 15) is 9.59 Å². The van der Waals surface area contributed by atoms with Crippen LogP contribution >= 0.6 is 15.9 Å². The first-order valence-corrected chi connectivity index (χ1v) is 10.2. The molecule has 29 heavy (non-hydrogen) atoms. The third kappa shape index (κ3) is 4.37. The minimum atomic E-state index is -0.548. The predicted molar refractivity (Wildman–Crippen MR) is 114 cm³/mol. The highest BCUT2D eigenvalue weighted by molar-refractivity contribution is 9.10. The number of nitrogens with one attached hydrogen (secondary N) is 1. The van der Waals surface area contributed by atoms with Crippen LogP contribution in [0.3, 0.4) is 0 Å². The molecule has 2 heterocycles. The number of amides is 1. The highest BCUT2D eigenvalue weighted by atomic mass is 79.9. The highest BCUT2D eigenvalue weighted by Gasteiger charge is 2.28. The molecule has 1 N–H and O–H groups in total. The molecular weight excluding hydrogens is 434 g/mol. The molecular formula is C21H20BrN5O2. The van der Waals surface area contributed by atoms with Crippen LogP contribution in [0.1, 0.15) is 40.4 Å². The van der Waals surface area contributed by atoms with Crippen molar-refractivity contribution < 1.29 is 4.79 Å². The molecule has 7 nitrogen and oxygen atoms in total. The Labute approximate surface area is 176 Å². The van der Waals surface area contributed by atoms with Gasteiger partial charge in [-0.25, -0.2) is 0 Å². The smallest absolute Gasteiger partial charge is 0.320 e. The maximum absolute atomic E-state index is 12.8. The van der Waals surface area contributed by atoms with Gasteiger partial charge in [0.15, 0.2) is 0 Å². The zero-order chi connectivity index (χ0) is 20.2. The second-order valence-corrected chi connectivity index (χ2v) is 7.87. The maximum Gasteiger partial charge on any atom is 0.320 e. The number of hydrogen-bond donors (Lipinski definition) is 1. The molecule has 8 heteroatoms. The summed E-state index contributed by atoms with van der Waals surface area (Å²) in [7, 11) is 0. The fourth-order valence-electron chi connectivity index (χ4n) is 3.47. The lowest BCUT2D eigenvalue weighted by Gasteiger charge is -2.31. The van der Waals surface area contributed by atoms with Gasteiger partial charge in [0.1, 0.15) is 0 Å². The van der Waals surface area contributed by atoms with E-state index >= 15 is 0 Å². The lowest BCUT2D eigenvalue weighted by Crippen LogP contribution is -2.40. The molecule has 148 valence electrons. The molecule has 1 fully saturated rings. The third-order valence-electron chi connectivity index (χ3n) is 5.10. The number of piperidine rings is 1. The Bertz CT molecular complexity index is 1060. The molecule has 3 aromatic rings. The Kier molecular flexibility index (Phi) is 5.71. The number of aromatic nitrogens is 3. The molecule has 2 aromatic carbocycles. The molecule has 0 atom stereocenters. The van der Waals surface area contributed by atoms with Crippen LogP contribution in [0.25, 0.3) is 0 Å². The van der Waals surface area contributed by atoms with Gasteiger partial charge in [-0.2, -0.15) is 10.3 Å². The number of benzene rings is 2. The largest absolute Gasteiger partial charge is 0.337 e.